The number of unbranched alkanes of at least 4 members (excludes halogenated alkanes) is 9. The average Bonchev–Trinajstić information content (AvgIpc) is 2.42. The predicted molar refractivity (Wildman–Crippen MR) is 90.5 cm³/mol. The van der Waals surface area contributed by atoms with Gasteiger partial charge in [-0.15, -0.1) is 0 Å². The Morgan fingerprint density at radius 2 is 1.11 bits per heavy atom. The molecule has 19 heavy (non-hydrogen) atoms. The fourth-order valence-electron chi connectivity index (χ4n) is 2.46. The summed E-state index contributed by atoms with van der Waals surface area (Å²) in [6.45, 7) is 2.28. The van der Waals surface area contributed by atoms with Crippen LogP contribution in [0.4, 0.5) is 0 Å². The summed E-state index contributed by atoms with van der Waals surface area (Å²) in [5.41, 5.74) is 1.50. The van der Waals surface area contributed by atoms with Gasteiger partial charge in [-0.3, -0.25) is 0 Å². The van der Waals surface area contributed by atoms with Crippen molar-refractivity contribution in [1.29, 1.82) is 0 Å². The van der Waals surface area contributed by atoms with Gasteiger partial charge in [-0.25, -0.2) is 0 Å². The Balaban J connectivity index is 0.00000324. The summed E-state index contributed by atoms with van der Waals surface area (Å²) in [4.78, 5) is 0. The molecule has 0 spiro atoms. The Kier molecular flexibility index (Phi) is 15.8. The van der Waals surface area contributed by atoms with E-state index in [1.165, 1.54) is 76.2 Å². The van der Waals surface area contributed by atoms with Crippen LogP contribution in [0, 0.1) is 0 Å². The van der Waals surface area contributed by atoms with Crippen molar-refractivity contribution >= 4 is 48.9 Å². The second-order valence-corrected chi connectivity index (χ2v) is 5.42. The zero-order valence-corrected chi connectivity index (χ0v) is 12.2. The van der Waals surface area contributed by atoms with Crippen molar-refractivity contribution in [2.45, 2.75) is 77.6 Å². The van der Waals surface area contributed by atoms with Gasteiger partial charge in [0.15, 0.2) is 0 Å². The van der Waals surface area contributed by atoms with Crippen LogP contribution in [-0.4, -0.2) is 48.9 Å². The molecule has 1 heteroatoms. The molecule has 1 aromatic carbocycles. The van der Waals surface area contributed by atoms with Crippen molar-refractivity contribution in [3.05, 3.63) is 35.9 Å². The normalized spacial score (nSPS) is 10.2. The molecule has 0 unspecified atom stereocenters. The van der Waals surface area contributed by atoms with Crippen LogP contribution in [0.3, 0.4) is 0 Å². The van der Waals surface area contributed by atoms with Gasteiger partial charge in [0.05, 0.1) is 0 Å². The SMILES string of the molecule is CCCCCCCCCCCCc1ccccc1.[BaH2]. The maximum absolute atomic E-state index is 2.28. The van der Waals surface area contributed by atoms with E-state index in [9.17, 15) is 0 Å². The van der Waals surface area contributed by atoms with E-state index in [2.05, 4.69) is 37.3 Å². The van der Waals surface area contributed by atoms with Gasteiger partial charge in [-0.05, 0) is 18.4 Å². The molecule has 0 radical (unpaired) electrons. The van der Waals surface area contributed by atoms with E-state index >= 15 is 0 Å². The van der Waals surface area contributed by atoms with Gasteiger partial charge in [0.25, 0.3) is 0 Å². The molecule has 0 aliphatic heterocycles. The molecule has 0 nitrogen and oxygen atoms in total. The molecule has 0 heterocycles. The summed E-state index contributed by atoms with van der Waals surface area (Å²) in [5, 5.41) is 0. The van der Waals surface area contributed by atoms with E-state index in [4.69, 9.17) is 0 Å². The van der Waals surface area contributed by atoms with Crippen molar-refractivity contribution in [3.63, 3.8) is 0 Å². The molecule has 0 aliphatic carbocycles. The van der Waals surface area contributed by atoms with E-state index in [-0.39, 0.29) is 48.9 Å². The molecule has 0 saturated heterocycles. The molecule has 0 aliphatic rings. The molecule has 106 valence electrons. The van der Waals surface area contributed by atoms with Gasteiger partial charge in [0.1, 0.15) is 0 Å². The molecule has 0 saturated carbocycles. The number of aryl methyl sites for hydroxylation is 1. The summed E-state index contributed by atoms with van der Waals surface area (Å²) in [6, 6.07) is 10.9. The minimum atomic E-state index is 0. The number of hydrogen-bond donors (Lipinski definition) is 0. The van der Waals surface area contributed by atoms with E-state index < -0.39 is 0 Å². The van der Waals surface area contributed by atoms with Crippen LogP contribution < -0.4 is 0 Å². The van der Waals surface area contributed by atoms with E-state index in [0.717, 1.165) is 0 Å². The Hall–Kier alpha value is 0.791. The molecule has 0 aromatic heterocycles. The van der Waals surface area contributed by atoms with Crippen LogP contribution in [0.25, 0.3) is 0 Å². The van der Waals surface area contributed by atoms with Crippen LogP contribution in [0.1, 0.15) is 76.7 Å². The van der Waals surface area contributed by atoms with Gasteiger partial charge in [-0.2, -0.15) is 0 Å². The molecular weight excluding hydrogens is 354 g/mol. The van der Waals surface area contributed by atoms with Crippen LogP contribution in [0.5, 0.6) is 0 Å². The Bertz CT molecular complexity index is 268. The molecule has 0 bridgehead atoms. The quantitative estimate of drug-likeness (QED) is 0.361. The van der Waals surface area contributed by atoms with E-state index in [0.29, 0.717) is 0 Å². The number of rotatable bonds is 11. The number of benzene rings is 1. The van der Waals surface area contributed by atoms with Crippen LogP contribution in [-0.2, 0) is 6.42 Å². The fraction of sp³-hybridized carbons (Fsp3) is 0.667. The van der Waals surface area contributed by atoms with Crippen molar-refractivity contribution < 1.29 is 0 Å². The van der Waals surface area contributed by atoms with Crippen molar-refractivity contribution in [1.82, 2.24) is 0 Å². The third-order valence-electron chi connectivity index (χ3n) is 3.66. The fourth-order valence-corrected chi connectivity index (χ4v) is 2.46. The summed E-state index contributed by atoms with van der Waals surface area (Å²) in [5.74, 6) is 0. The first-order chi connectivity index (χ1) is 8.93. The molecule has 0 amide bonds. The van der Waals surface area contributed by atoms with Gasteiger partial charge in [-0.1, -0.05) is 95.0 Å². The second kappa shape index (κ2) is 15.2. The zero-order chi connectivity index (χ0) is 12.9. The van der Waals surface area contributed by atoms with Crippen LogP contribution >= 0.6 is 0 Å². The molecule has 1 rings (SSSR count). The summed E-state index contributed by atoms with van der Waals surface area (Å²) in [6.07, 6.45) is 15.5. The monoisotopic (exact) mass is 386 g/mol. The van der Waals surface area contributed by atoms with Gasteiger partial charge in [0, 0.05) is 0 Å². The molecule has 0 N–H and O–H groups in total. The standard InChI is InChI=1S/C18H30.Ba.2H/c1-2-3-4-5-6-7-8-9-10-12-15-18-16-13-11-14-17-18;;;/h11,13-14,16-17H,2-10,12,15H2,1H3;;;. The first kappa shape index (κ1) is 19.8. The van der Waals surface area contributed by atoms with Gasteiger partial charge in [0.2, 0.25) is 0 Å². The van der Waals surface area contributed by atoms with Crippen molar-refractivity contribution in [2.24, 2.45) is 0 Å². The topological polar surface area (TPSA) is 0 Å². The van der Waals surface area contributed by atoms with Crippen molar-refractivity contribution in [2.75, 3.05) is 0 Å². The minimum absolute atomic E-state index is 0. The Labute approximate surface area is 160 Å². The first-order valence-electron chi connectivity index (χ1n) is 7.97. The maximum atomic E-state index is 2.28. The summed E-state index contributed by atoms with van der Waals surface area (Å²) >= 11 is 0. The zero-order valence-electron chi connectivity index (χ0n) is 12.2. The van der Waals surface area contributed by atoms with Gasteiger partial charge < -0.3 is 0 Å². The van der Waals surface area contributed by atoms with Crippen LogP contribution in [0.15, 0.2) is 30.3 Å². The van der Waals surface area contributed by atoms with Crippen molar-refractivity contribution in [3.8, 4) is 0 Å². The summed E-state index contributed by atoms with van der Waals surface area (Å²) < 4.78 is 0. The third kappa shape index (κ3) is 12.3. The van der Waals surface area contributed by atoms with E-state index in [1.807, 2.05) is 0 Å². The molecule has 0 fully saturated rings. The third-order valence-corrected chi connectivity index (χ3v) is 3.66. The van der Waals surface area contributed by atoms with E-state index in [1.54, 1.807) is 0 Å². The average molecular weight is 386 g/mol. The first-order valence-corrected chi connectivity index (χ1v) is 7.97. The Morgan fingerprint density at radius 3 is 1.63 bits per heavy atom. The van der Waals surface area contributed by atoms with Crippen LogP contribution in [0.2, 0.25) is 0 Å². The second-order valence-electron chi connectivity index (χ2n) is 5.42. The Morgan fingerprint density at radius 1 is 0.632 bits per heavy atom. The summed E-state index contributed by atoms with van der Waals surface area (Å²) in [7, 11) is 0. The molecular formula is C18H32Ba. The van der Waals surface area contributed by atoms with Gasteiger partial charge >= 0.3 is 48.9 Å². The number of hydrogen-bond acceptors (Lipinski definition) is 0. The predicted octanol–water partition coefficient (Wildman–Crippen LogP) is 5.23. The molecule has 1 aromatic rings. The molecule has 0 atom stereocenters.